The highest BCUT2D eigenvalue weighted by Gasteiger charge is 2.51. The number of hydrogen-bond donors (Lipinski definition) is 4. The SMILES string of the molecule is CC.O=C1CCC(O)(N2Cc3c(OCc4cccc(C(O)(O)N5CCOCC5)c4F)cccc3C2=O)C(=O)N1. The minimum atomic E-state index is -2.54. The van der Waals surface area contributed by atoms with E-state index in [2.05, 4.69) is 5.32 Å². The van der Waals surface area contributed by atoms with Crippen LogP contribution in [0.25, 0.3) is 0 Å². The topological polar surface area (TPSA) is 149 Å². The molecule has 2 fully saturated rings. The van der Waals surface area contributed by atoms with E-state index >= 15 is 4.39 Å². The smallest absolute Gasteiger partial charge is 0.279 e. The summed E-state index contributed by atoms with van der Waals surface area (Å²) in [5.41, 5.74) is -1.85. The van der Waals surface area contributed by atoms with E-state index in [4.69, 9.17) is 9.47 Å². The third kappa shape index (κ3) is 5.25. The molecule has 3 amide bonds. The molecule has 1 atom stereocenters. The maximum atomic E-state index is 15.4. The number of rotatable bonds is 6. The van der Waals surface area contributed by atoms with Crippen molar-refractivity contribution in [1.82, 2.24) is 15.1 Å². The van der Waals surface area contributed by atoms with Crippen LogP contribution in [-0.2, 0) is 33.4 Å². The first-order valence-corrected chi connectivity index (χ1v) is 12.8. The van der Waals surface area contributed by atoms with Crippen LogP contribution >= 0.6 is 0 Å². The van der Waals surface area contributed by atoms with Gasteiger partial charge in [0, 0.05) is 42.6 Å². The fraction of sp³-hybridized carbons (Fsp3) is 0.444. The van der Waals surface area contributed by atoms with Gasteiger partial charge >= 0.3 is 0 Å². The summed E-state index contributed by atoms with van der Waals surface area (Å²) in [6, 6.07) is 8.86. The lowest BCUT2D eigenvalue weighted by Crippen LogP contribution is -2.63. The predicted molar refractivity (Wildman–Crippen MR) is 134 cm³/mol. The number of morpholine rings is 1. The summed E-state index contributed by atoms with van der Waals surface area (Å²) >= 11 is 0. The second kappa shape index (κ2) is 11.4. The summed E-state index contributed by atoms with van der Waals surface area (Å²) in [4.78, 5) is 39.2. The zero-order valence-electron chi connectivity index (χ0n) is 21.8. The number of ether oxygens (including phenoxy) is 2. The van der Waals surface area contributed by atoms with Crippen LogP contribution in [0.15, 0.2) is 36.4 Å². The van der Waals surface area contributed by atoms with Crippen molar-refractivity contribution in [3.8, 4) is 5.75 Å². The Bertz CT molecular complexity index is 1260. The van der Waals surface area contributed by atoms with Gasteiger partial charge < -0.3 is 24.8 Å². The molecule has 0 bridgehead atoms. The third-order valence-corrected chi connectivity index (χ3v) is 6.96. The average molecular weight is 546 g/mol. The molecule has 4 N–H and O–H groups in total. The zero-order chi connectivity index (χ0) is 28.4. The van der Waals surface area contributed by atoms with Crippen molar-refractivity contribution in [2.24, 2.45) is 0 Å². The van der Waals surface area contributed by atoms with Crippen molar-refractivity contribution in [1.29, 1.82) is 0 Å². The predicted octanol–water partition coefficient (Wildman–Crippen LogP) is 0.939. The molecule has 2 aromatic rings. The third-order valence-electron chi connectivity index (χ3n) is 6.96. The van der Waals surface area contributed by atoms with Gasteiger partial charge in [-0.3, -0.25) is 24.6 Å². The number of imide groups is 1. The van der Waals surface area contributed by atoms with Gasteiger partial charge in [-0.05, 0) is 18.2 Å². The van der Waals surface area contributed by atoms with Crippen LogP contribution in [0.3, 0.4) is 0 Å². The molecule has 11 nitrogen and oxygen atoms in total. The minimum absolute atomic E-state index is 0.0563. The molecule has 3 aliphatic heterocycles. The molecule has 0 spiro atoms. The summed E-state index contributed by atoms with van der Waals surface area (Å²) in [6.07, 6.45) is -0.359. The first-order valence-electron chi connectivity index (χ1n) is 12.8. The number of benzene rings is 2. The Hall–Kier alpha value is -3.42. The van der Waals surface area contributed by atoms with Crippen molar-refractivity contribution in [2.75, 3.05) is 26.3 Å². The molecule has 2 aromatic carbocycles. The van der Waals surface area contributed by atoms with Crippen LogP contribution < -0.4 is 10.1 Å². The fourth-order valence-corrected chi connectivity index (χ4v) is 4.84. The number of nitrogens with one attached hydrogen (secondary N) is 1. The fourth-order valence-electron chi connectivity index (χ4n) is 4.84. The monoisotopic (exact) mass is 545 g/mol. The molecular weight excluding hydrogens is 513 g/mol. The lowest BCUT2D eigenvalue weighted by Gasteiger charge is -2.37. The number of halogens is 1. The van der Waals surface area contributed by atoms with E-state index in [0.29, 0.717) is 5.56 Å². The molecule has 3 aliphatic rings. The molecule has 0 radical (unpaired) electrons. The molecule has 2 saturated heterocycles. The van der Waals surface area contributed by atoms with E-state index in [1.807, 2.05) is 13.8 Å². The molecule has 0 saturated carbocycles. The Morgan fingerprint density at radius 1 is 1.10 bits per heavy atom. The summed E-state index contributed by atoms with van der Waals surface area (Å²) in [5.74, 6) is -5.25. The second-order valence-electron chi connectivity index (χ2n) is 9.17. The number of amides is 3. The standard InChI is InChI=1S/C25H26FN3O8.C2H6/c26-21-15(3-1-5-18(21)25(34,35)28-9-11-36-12-10-28)14-37-19-6-2-4-16-17(19)13-29(22(16)31)24(33)8-7-20(30)27-23(24)32;1-2/h1-6,33-35H,7-14H2,(H,27,30,32);1-2H3. The Kier molecular flexibility index (Phi) is 8.33. The highest BCUT2D eigenvalue weighted by molar-refractivity contribution is 6.06. The van der Waals surface area contributed by atoms with Gasteiger partial charge in [0.25, 0.3) is 17.7 Å². The first-order chi connectivity index (χ1) is 18.6. The number of aliphatic hydroxyl groups is 3. The van der Waals surface area contributed by atoms with Gasteiger partial charge in [-0.25, -0.2) is 9.29 Å². The first kappa shape index (κ1) is 28.6. The summed E-state index contributed by atoms with van der Waals surface area (Å²) < 4.78 is 26.4. The minimum Gasteiger partial charge on any atom is -0.488 e. The molecule has 0 aliphatic carbocycles. The van der Waals surface area contributed by atoms with Gasteiger partial charge in [0.05, 0.1) is 25.3 Å². The van der Waals surface area contributed by atoms with Crippen LogP contribution in [0.2, 0.25) is 0 Å². The Morgan fingerprint density at radius 3 is 2.49 bits per heavy atom. The molecule has 0 aromatic heterocycles. The van der Waals surface area contributed by atoms with E-state index in [-0.39, 0.29) is 74.7 Å². The maximum absolute atomic E-state index is 15.4. The lowest BCUT2D eigenvalue weighted by molar-refractivity contribution is -0.288. The van der Waals surface area contributed by atoms with Crippen LogP contribution in [-0.4, -0.2) is 74.9 Å². The van der Waals surface area contributed by atoms with E-state index in [9.17, 15) is 29.7 Å². The van der Waals surface area contributed by atoms with E-state index in [1.165, 1.54) is 29.2 Å². The molecule has 1 unspecified atom stereocenters. The normalized spacial score (nSPS) is 21.7. The molecule has 3 heterocycles. The maximum Gasteiger partial charge on any atom is 0.279 e. The van der Waals surface area contributed by atoms with Crippen molar-refractivity contribution in [3.05, 3.63) is 64.5 Å². The number of carbonyl (C=O) groups excluding carboxylic acids is 3. The van der Waals surface area contributed by atoms with Crippen molar-refractivity contribution >= 4 is 17.7 Å². The van der Waals surface area contributed by atoms with Crippen molar-refractivity contribution in [2.45, 2.75) is 51.5 Å². The number of piperidine rings is 1. The van der Waals surface area contributed by atoms with Gasteiger partial charge in [0.1, 0.15) is 18.2 Å². The van der Waals surface area contributed by atoms with E-state index < -0.39 is 35.2 Å². The second-order valence-corrected chi connectivity index (χ2v) is 9.17. The van der Waals surface area contributed by atoms with Crippen LogP contribution in [0.5, 0.6) is 5.75 Å². The average Bonchev–Trinajstić information content (AvgIpc) is 3.29. The zero-order valence-corrected chi connectivity index (χ0v) is 21.8. The molecule has 12 heteroatoms. The van der Waals surface area contributed by atoms with Gasteiger partial charge in [0.15, 0.2) is 0 Å². The quantitative estimate of drug-likeness (QED) is 0.307. The number of nitrogens with zero attached hydrogens (tertiary/aromatic N) is 2. The molecular formula is C27H32FN3O8. The summed E-state index contributed by atoms with van der Waals surface area (Å²) in [7, 11) is 0. The van der Waals surface area contributed by atoms with E-state index in [1.54, 1.807) is 12.1 Å². The molecule has 5 rings (SSSR count). The van der Waals surface area contributed by atoms with Gasteiger partial charge in [-0.15, -0.1) is 0 Å². The number of carbonyl (C=O) groups is 3. The van der Waals surface area contributed by atoms with E-state index in [0.717, 1.165) is 4.90 Å². The van der Waals surface area contributed by atoms with Crippen molar-refractivity contribution in [3.63, 3.8) is 0 Å². The van der Waals surface area contributed by atoms with Gasteiger partial charge in [0.2, 0.25) is 11.6 Å². The van der Waals surface area contributed by atoms with Crippen LogP contribution in [0, 0.1) is 5.82 Å². The Balaban J connectivity index is 0.00000172. The summed E-state index contributed by atoms with van der Waals surface area (Å²) in [5, 5.41) is 34.4. The summed E-state index contributed by atoms with van der Waals surface area (Å²) in [6.45, 7) is 4.56. The van der Waals surface area contributed by atoms with Crippen LogP contribution in [0.1, 0.15) is 53.7 Å². The van der Waals surface area contributed by atoms with Gasteiger partial charge in [-0.1, -0.05) is 32.0 Å². The molecule has 210 valence electrons. The number of fused-ring (bicyclic) bond motifs is 1. The van der Waals surface area contributed by atoms with Gasteiger partial charge in [-0.2, -0.15) is 0 Å². The number of hydrogen-bond acceptors (Lipinski definition) is 9. The molecule has 39 heavy (non-hydrogen) atoms. The Labute approximate surface area is 224 Å². The highest BCUT2D eigenvalue weighted by atomic mass is 19.1. The van der Waals surface area contributed by atoms with Crippen LogP contribution in [0.4, 0.5) is 4.39 Å². The lowest BCUT2D eigenvalue weighted by atomic mass is 10.00. The van der Waals surface area contributed by atoms with Crippen molar-refractivity contribution < 1.29 is 43.6 Å². The highest BCUT2D eigenvalue weighted by Crippen LogP contribution is 2.37. The largest absolute Gasteiger partial charge is 0.488 e. The Morgan fingerprint density at radius 2 is 1.79 bits per heavy atom.